The zero-order chi connectivity index (χ0) is 21.1. The standard InChI is InChI=1S/C22H24FN5O2/c1-14(2)28(3)22-24-18-9-6-16(12-19(18)25-22)21-26-20(30-27-21)13-29-17-7-4-15(5-8-17)10-11-23/h4-9,12,14H,10-11,13H2,1-3H3,(H,24,25). The molecule has 4 rings (SSSR count). The van der Waals surface area contributed by atoms with Crippen LogP contribution in [0.15, 0.2) is 47.0 Å². The molecule has 0 unspecified atom stereocenters. The second-order valence-corrected chi connectivity index (χ2v) is 7.38. The first-order valence-corrected chi connectivity index (χ1v) is 9.87. The number of ether oxygens (including phenoxy) is 1. The van der Waals surface area contributed by atoms with Gasteiger partial charge in [-0.05, 0) is 49.7 Å². The predicted octanol–water partition coefficient (Wildman–Crippen LogP) is 4.55. The molecule has 0 amide bonds. The largest absolute Gasteiger partial charge is 0.484 e. The fraction of sp³-hybridized carbons (Fsp3) is 0.318. The molecule has 0 saturated heterocycles. The van der Waals surface area contributed by atoms with Crippen molar-refractivity contribution in [3.63, 3.8) is 0 Å². The fourth-order valence-corrected chi connectivity index (χ4v) is 2.98. The van der Waals surface area contributed by atoms with Gasteiger partial charge in [0.1, 0.15) is 5.75 Å². The van der Waals surface area contributed by atoms with E-state index in [1.807, 2.05) is 37.4 Å². The summed E-state index contributed by atoms with van der Waals surface area (Å²) in [7, 11) is 2.00. The van der Waals surface area contributed by atoms with Crippen molar-refractivity contribution in [2.45, 2.75) is 32.9 Å². The molecule has 8 heteroatoms. The number of aromatic amines is 1. The van der Waals surface area contributed by atoms with Crippen molar-refractivity contribution in [3.8, 4) is 17.1 Å². The Bertz CT molecular complexity index is 1120. The number of nitrogens with zero attached hydrogens (tertiary/aromatic N) is 4. The molecule has 0 saturated carbocycles. The first-order valence-electron chi connectivity index (χ1n) is 9.87. The van der Waals surface area contributed by atoms with Gasteiger partial charge in [0, 0.05) is 25.1 Å². The minimum atomic E-state index is -0.370. The summed E-state index contributed by atoms with van der Waals surface area (Å²) in [4.78, 5) is 14.5. The van der Waals surface area contributed by atoms with E-state index in [9.17, 15) is 4.39 Å². The first kappa shape index (κ1) is 19.9. The average Bonchev–Trinajstić information content (AvgIpc) is 3.39. The summed E-state index contributed by atoms with van der Waals surface area (Å²) in [5, 5.41) is 4.06. The van der Waals surface area contributed by atoms with Crippen LogP contribution in [0.2, 0.25) is 0 Å². The van der Waals surface area contributed by atoms with E-state index in [-0.39, 0.29) is 13.3 Å². The molecule has 2 aromatic heterocycles. The van der Waals surface area contributed by atoms with Crippen LogP contribution in [0.25, 0.3) is 22.4 Å². The summed E-state index contributed by atoms with van der Waals surface area (Å²) < 4.78 is 23.4. The van der Waals surface area contributed by atoms with E-state index in [1.54, 1.807) is 12.1 Å². The van der Waals surface area contributed by atoms with Crippen LogP contribution in [0.4, 0.5) is 10.3 Å². The number of fused-ring (bicyclic) bond motifs is 1. The lowest BCUT2D eigenvalue weighted by atomic mass is 10.2. The van der Waals surface area contributed by atoms with Crippen molar-refractivity contribution in [1.82, 2.24) is 20.1 Å². The van der Waals surface area contributed by atoms with E-state index in [4.69, 9.17) is 9.26 Å². The maximum absolute atomic E-state index is 12.4. The second-order valence-electron chi connectivity index (χ2n) is 7.38. The third-order valence-corrected chi connectivity index (χ3v) is 4.97. The Balaban J connectivity index is 1.45. The lowest BCUT2D eigenvalue weighted by molar-refractivity contribution is 0.243. The van der Waals surface area contributed by atoms with E-state index in [1.165, 1.54) is 0 Å². The van der Waals surface area contributed by atoms with Gasteiger partial charge in [0.25, 0.3) is 5.89 Å². The molecule has 4 aromatic rings. The lowest BCUT2D eigenvalue weighted by Crippen LogP contribution is -2.26. The number of halogens is 1. The van der Waals surface area contributed by atoms with Gasteiger partial charge in [-0.25, -0.2) is 4.98 Å². The molecular formula is C22H24FN5O2. The number of hydrogen-bond acceptors (Lipinski definition) is 6. The molecule has 0 aliphatic heterocycles. The average molecular weight is 409 g/mol. The Labute approximate surface area is 173 Å². The summed E-state index contributed by atoms with van der Waals surface area (Å²) in [6.45, 7) is 4.01. The summed E-state index contributed by atoms with van der Waals surface area (Å²) in [5.74, 6) is 2.35. The molecule has 0 radical (unpaired) electrons. The number of anilines is 1. The van der Waals surface area contributed by atoms with Gasteiger partial charge in [-0.1, -0.05) is 17.3 Å². The zero-order valence-corrected chi connectivity index (χ0v) is 17.2. The summed E-state index contributed by atoms with van der Waals surface area (Å²) in [5.41, 5.74) is 3.55. The fourth-order valence-electron chi connectivity index (χ4n) is 2.98. The number of hydrogen-bond donors (Lipinski definition) is 1. The van der Waals surface area contributed by atoms with E-state index in [2.05, 4.69) is 38.9 Å². The number of benzene rings is 2. The molecule has 2 heterocycles. The highest BCUT2D eigenvalue weighted by atomic mass is 19.1. The monoisotopic (exact) mass is 409 g/mol. The molecule has 1 N–H and O–H groups in total. The smallest absolute Gasteiger partial charge is 0.264 e. The van der Waals surface area contributed by atoms with E-state index < -0.39 is 0 Å². The van der Waals surface area contributed by atoms with Gasteiger partial charge in [0.2, 0.25) is 11.8 Å². The van der Waals surface area contributed by atoms with Crippen LogP contribution in [-0.4, -0.2) is 39.9 Å². The predicted molar refractivity (Wildman–Crippen MR) is 113 cm³/mol. The van der Waals surface area contributed by atoms with Gasteiger partial charge in [0.05, 0.1) is 17.7 Å². The maximum Gasteiger partial charge on any atom is 0.264 e. The molecule has 0 bridgehead atoms. The van der Waals surface area contributed by atoms with Crippen molar-refractivity contribution < 1.29 is 13.7 Å². The van der Waals surface area contributed by atoms with Crippen molar-refractivity contribution in [2.75, 3.05) is 18.6 Å². The quantitative estimate of drug-likeness (QED) is 0.460. The summed E-state index contributed by atoms with van der Waals surface area (Å²) in [6.07, 6.45) is 0.406. The Morgan fingerprint density at radius 1 is 1.13 bits per heavy atom. The van der Waals surface area contributed by atoms with Gasteiger partial charge in [0.15, 0.2) is 6.61 Å². The molecule has 0 fully saturated rings. The summed E-state index contributed by atoms with van der Waals surface area (Å²) in [6, 6.07) is 13.5. The van der Waals surface area contributed by atoms with Gasteiger partial charge in [-0.2, -0.15) is 4.98 Å². The van der Waals surface area contributed by atoms with Crippen LogP contribution in [0, 0.1) is 0 Å². The second kappa shape index (κ2) is 8.52. The van der Waals surface area contributed by atoms with E-state index in [0.717, 1.165) is 28.1 Å². The molecule has 7 nitrogen and oxygen atoms in total. The molecule has 0 atom stereocenters. The Hall–Kier alpha value is -3.42. The van der Waals surface area contributed by atoms with Crippen LogP contribution in [-0.2, 0) is 13.0 Å². The van der Waals surface area contributed by atoms with Crippen molar-refractivity contribution >= 4 is 17.0 Å². The van der Waals surface area contributed by atoms with Crippen molar-refractivity contribution in [3.05, 3.63) is 53.9 Å². The third-order valence-electron chi connectivity index (χ3n) is 4.97. The SMILES string of the molecule is CC(C)N(C)c1nc2ccc(-c3noc(COc4ccc(CCF)cc4)n3)cc2[nH]1. The highest BCUT2D eigenvalue weighted by molar-refractivity contribution is 5.82. The van der Waals surface area contributed by atoms with Gasteiger partial charge < -0.3 is 19.1 Å². The van der Waals surface area contributed by atoms with Crippen LogP contribution in [0.1, 0.15) is 25.3 Å². The highest BCUT2D eigenvalue weighted by Gasteiger charge is 2.13. The number of nitrogens with one attached hydrogen (secondary N) is 1. The number of aromatic nitrogens is 4. The summed E-state index contributed by atoms with van der Waals surface area (Å²) >= 11 is 0. The molecule has 2 aromatic carbocycles. The minimum Gasteiger partial charge on any atom is -0.484 e. The lowest BCUT2D eigenvalue weighted by Gasteiger charge is -2.19. The van der Waals surface area contributed by atoms with Crippen LogP contribution in [0.3, 0.4) is 0 Å². The van der Waals surface area contributed by atoms with Crippen LogP contribution < -0.4 is 9.64 Å². The van der Waals surface area contributed by atoms with E-state index in [0.29, 0.717) is 29.9 Å². The molecular weight excluding hydrogens is 385 g/mol. The van der Waals surface area contributed by atoms with Crippen LogP contribution >= 0.6 is 0 Å². The molecule has 156 valence electrons. The number of H-pyrrole nitrogens is 1. The van der Waals surface area contributed by atoms with Gasteiger partial charge in [-0.15, -0.1) is 0 Å². The first-order chi connectivity index (χ1) is 14.5. The van der Waals surface area contributed by atoms with E-state index >= 15 is 0 Å². The normalized spacial score (nSPS) is 11.4. The molecule has 0 spiro atoms. The highest BCUT2D eigenvalue weighted by Crippen LogP contribution is 2.24. The van der Waals surface area contributed by atoms with Crippen molar-refractivity contribution in [2.24, 2.45) is 0 Å². The Morgan fingerprint density at radius 2 is 1.93 bits per heavy atom. The molecule has 0 aliphatic carbocycles. The molecule has 30 heavy (non-hydrogen) atoms. The number of alkyl halides is 1. The number of aryl methyl sites for hydroxylation is 1. The Morgan fingerprint density at radius 3 is 2.67 bits per heavy atom. The minimum absolute atomic E-state index is 0.158. The number of imidazole rings is 1. The Kier molecular flexibility index (Phi) is 5.65. The number of rotatable bonds is 8. The maximum atomic E-state index is 12.4. The van der Waals surface area contributed by atoms with Gasteiger partial charge >= 0.3 is 0 Å². The van der Waals surface area contributed by atoms with Gasteiger partial charge in [-0.3, -0.25) is 4.39 Å². The third kappa shape index (κ3) is 4.27. The molecule has 0 aliphatic rings. The zero-order valence-electron chi connectivity index (χ0n) is 17.2. The van der Waals surface area contributed by atoms with Crippen molar-refractivity contribution in [1.29, 1.82) is 0 Å². The van der Waals surface area contributed by atoms with Crippen LogP contribution in [0.5, 0.6) is 5.75 Å². The topological polar surface area (TPSA) is 80.1 Å².